The van der Waals surface area contributed by atoms with Gasteiger partial charge in [-0.15, -0.1) is 0 Å². The van der Waals surface area contributed by atoms with E-state index in [-0.39, 0.29) is 5.91 Å². The summed E-state index contributed by atoms with van der Waals surface area (Å²) in [4.78, 5) is 13.1. The molecule has 0 unspecified atom stereocenters. The topological polar surface area (TPSA) is 97.8 Å². The number of aromatic nitrogens is 4. The summed E-state index contributed by atoms with van der Waals surface area (Å²) in [5, 5.41) is 21.6. The zero-order valence-corrected chi connectivity index (χ0v) is 20.7. The molecule has 0 saturated carbocycles. The molecule has 2 heterocycles. The molecule has 9 heteroatoms. The molecule has 0 spiro atoms. The summed E-state index contributed by atoms with van der Waals surface area (Å²) in [5.41, 5.74) is 3.34. The number of carbonyl (C=O) groups excluding carboxylic acids is 1. The first-order chi connectivity index (χ1) is 16.3. The highest BCUT2D eigenvalue weighted by molar-refractivity contribution is 6.76. The molecule has 0 aliphatic rings. The van der Waals surface area contributed by atoms with Crippen molar-refractivity contribution in [2.75, 3.05) is 11.9 Å². The molecule has 0 aliphatic heterocycles. The number of fused-ring (bicyclic) bond motifs is 1. The van der Waals surface area contributed by atoms with E-state index in [1.807, 2.05) is 42.5 Å². The Bertz CT molecular complexity index is 1350. The Morgan fingerprint density at radius 3 is 2.79 bits per heavy atom. The summed E-state index contributed by atoms with van der Waals surface area (Å²) in [6.45, 7) is 8.42. The lowest BCUT2D eigenvalue weighted by Crippen LogP contribution is -2.22. The highest BCUT2D eigenvalue weighted by Crippen LogP contribution is 2.20. The van der Waals surface area contributed by atoms with Crippen LogP contribution in [0.25, 0.3) is 10.9 Å². The monoisotopic (exact) mass is 472 g/mol. The van der Waals surface area contributed by atoms with Gasteiger partial charge in [0, 0.05) is 26.3 Å². The number of nitrogens with zero attached hydrogens (tertiary/aromatic N) is 5. The van der Waals surface area contributed by atoms with E-state index in [9.17, 15) is 4.79 Å². The van der Waals surface area contributed by atoms with Gasteiger partial charge in [-0.25, -0.2) is 4.68 Å². The normalized spacial score (nSPS) is 11.5. The van der Waals surface area contributed by atoms with Gasteiger partial charge in [0.15, 0.2) is 5.69 Å². The average molecular weight is 473 g/mol. The van der Waals surface area contributed by atoms with E-state index < -0.39 is 8.07 Å². The second-order valence-electron chi connectivity index (χ2n) is 9.41. The molecule has 174 valence electrons. The minimum absolute atomic E-state index is 0.303. The molecule has 1 amide bonds. The predicted octanol–water partition coefficient (Wildman–Crippen LogP) is 4.72. The Morgan fingerprint density at radius 2 is 2.00 bits per heavy atom. The Hall–Kier alpha value is -3.74. The fraction of sp³-hybridized carbons (Fsp3) is 0.280. The van der Waals surface area contributed by atoms with Gasteiger partial charge in [-0.05, 0) is 29.8 Å². The molecular formula is C25H28N6O2Si. The fourth-order valence-electron chi connectivity index (χ4n) is 3.55. The summed E-state index contributed by atoms with van der Waals surface area (Å²) in [6.07, 6.45) is 3.36. The summed E-state index contributed by atoms with van der Waals surface area (Å²) < 4.78 is 9.32. The van der Waals surface area contributed by atoms with Crippen molar-refractivity contribution < 1.29 is 9.53 Å². The first-order valence-corrected chi connectivity index (χ1v) is 14.9. The van der Waals surface area contributed by atoms with Crippen LogP contribution in [0.1, 0.15) is 21.6 Å². The molecular weight excluding hydrogens is 444 g/mol. The summed E-state index contributed by atoms with van der Waals surface area (Å²) >= 11 is 0. The van der Waals surface area contributed by atoms with Crippen LogP contribution in [0.2, 0.25) is 25.7 Å². The van der Waals surface area contributed by atoms with Gasteiger partial charge in [0.05, 0.1) is 35.6 Å². The largest absolute Gasteiger partial charge is 0.360 e. The maximum absolute atomic E-state index is 13.1. The fourth-order valence-corrected chi connectivity index (χ4v) is 4.31. The minimum Gasteiger partial charge on any atom is -0.360 e. The Labute approximate surface area is 199 Å². The van der Waals surface area contributed by atoms with E-state index in [2.05, 4.69) is 41.2 Å². The smallest absolute Gasteiger partial charge is 0.276 e. The molecule has 0 bridgehead atoms. The van der Waals surface area contributed by atoms with Gasteiger partial charge in [-0.1, -0.05) is 50.0 Å². The van der Waals surface area contributed by atoms with Gasteiger partial charge in [0.1, 0.15) is 6.73 Å². The van der Waals surface area contributed by atoms with Crippen LogP contribution in [0.3, 0.4) is 0 Å². The van der Waals surface area contributed by atoms with Crippen LogP contribution < -0.4 is 5.32 Å². The molecule has 0 atom stereocenters. The van der Waals surface area contributed by atoms with Crippen LogP contribution in [0, 0.1) is 11.3 Å². The van der Waals surface area contributed by atoms with E-state index in [1.54, 1.807) is 27.8 Å². The number of para-hydroxylation sites is 1. The van der Waals surface area contributed by atoms with Gasteiger partial charge in [0.2, 0.25) is 0 Å². The number of nitrogens with one attached hydrogen (secondary N) is 1. The number of benzene rings is 2. The summed E-state index contributed by atoms with van der Waals surface area (Å²) in [5.74, 6) is -0.303. The highest BCUT2D eigenvalue weighted by Gasteiger charge is 2.18. The van der Waals surface area contributed by atoms with E-state index in [1.165, 1.54) is 0 Å². The molecule has 1 N–H and O–H groups in total. The van der Waals surface area contributed by atoms with Crippen LogP contribution in [0.4, 0.5) is 5.69 Å². The number of anilines is 1. The van der Waals surface area contributed by atoms with Crippen molar-refractivity contribution in [2.24, 2.45) is 0 Å². The molecule has 4 rings (SSSR count). The minimum atomic E-state index is -1.17. The van der Waals surface area contributed by atoms with Crippen molar-refractivity contribution in [3.05, 3.63) is 77.7 Å². The molecule has 8 nitrogen and oxygen atoms in total. The Balaban J connectivity index is 1.45. The van der Waals surface area contributed by atoms with Crippen molar-refractivity contribution in [2.45, 2.75) is 39.0 Å². The predicted molar refractivity (Wildman–Crippen MR) is 134 cm³/mol. The van der Waals surface area contributed by atoms with Crippen LogP contribution in [0.5, 0.6) is 0 Å². The lowest BCUT2D eigenvalue weighted by atomic mass is 10.1. The quantitative estimate of drug-likeness (QED) is 0.281. The van der Waals surface area contributed by atoms with Crippen molar-refractivity contribution in [3.8, 4) is 6.07 Å². The average Bonchev–Trinajstić information content (AvgIpc) is 3.40. The highest BCUT2D eigenvalue weighted by atomic mass is 28.3. The van der Waals surface area contributed by atoms with E-state index in [0.717, 1.165) is 22.5 Å². The van der Waals surface area contributed by atoms with Crippen LogP contribution in [-0.2, 0) is 18.0 Å². The molecule has 2 aromatic carbocycles. The summed E-state index contributed by atoms with van der Waals surface area (Å²) in [6, 6.07) is 18.2. The number of rotatable bonds is 9. The molecule has 4 aromatic rings. The van der Waals surface area contributed by atoms with Gasteiger partial charge < -0.3 is 10.1 Å². The van der Waals surface area contributed by atoms with Gasteiger partial charge in [-0.2, -0.15) is 15.5 Å². The standard InChI is InChI=1S/C25H28N6O2Si/c1-34(2,3)12-11-33-18-31-23-10-5-4-9-22(23)24(29-31)25(32)28-21-15-27-30(17-21)16-20-8-6-7-19(13-20)14-26/h4-10,13,15,17H,11-12,16,18H2,1-3H3,(H,28,32). The zero-order chi connectivity index (χ0) is 24.1. The number of hydrogen-bond acceptors (Lipinski definition) is 5. The third-order valence-electron chi connectivity index (χ3n) is 5.37. The van der Waals surface area contributed by atoms with E-state index >= 15 is 0 Å². The SMILES string of the molecule is C[Si](C)(C)CCOCn1nc(C(=O)Nc2cnn(Cc3cccc(C#N)c3)c2)c2ccccc21. The van der Waals surface area contributed by atoms with Crippen LogP contribution in [-0.4, -0.2) is 40.1 Å². The maximum atomic E-state index is 13.1. The van der Waals surface area contributed by atoms with Crippen LogP contribution in [0.15, 0.2) is 60.9 Å². The summed E-state index contributed by atoms with van der Waals surface area (Å²) in [7, 11) is -1.17. The maximum Gasteiger partial charge on any atom is 0.276 e. The van der Waals surface area contributed by atoms with Crippen molar-refractivity contribution in [1.82, 2.24) is 19.6 Å². The zero-order valence-electron chi connectivity index (χ0n) is 19.7. The molecule has 0 aliphatic carbocycles. The van der Waals surface area contributed by atoms with Crippen molar-refractivity contribution >= 4 is 30.6 Å². The van der Waals surface area contributed by atoms with Gasteiger partial charge in [-0.3, -0.25) is 9.48 Å². The second-order valence-corrected chi connectivity index (χ2v) is 15.0. The van der Waals surface area contributed by atoms with E-state index in [0.29, 0.717) is 36.8 Å². The number of amides is 1. The first kappa shape index (κ1) is 23.4. The molecule has 0 fully saturated rings. The Kier molecular flexibility index (Phi) is 6.91. The molecule has 34 heavy (non-hydrogen) atoms. The van der Waals surface area contributed by atoms with Gasteiger partial charge in [0.25, 0.3) is 5.91 Å². The number of nitriles is 1. The van der Waals surface area contributed by atoms with Gasteiger partial charge >= 0.3 is 0 Å². The third-order valence-corrected chi connectivity index (χ3v) is 7.08. The number of hydrogen-bond donors (Lipinski definition) is 1. The van der Waals surface area contributed by atoms with Crippen molar-refractivity contribution in [1.29, 1.82) is 5.26 Å². The lowest BCUT2D eigenvalue weighted by molar-refractivity contribution is 0.0809. The number of carbonyl (C=O) groups is 1. The van der Waals surface area contributed by atoms with Crippen molar-refractivity contribution in [3.63, 3.8) is 0 Å². The molecule has 0 radical (unpaired) electrons. The third kappa shape index (κ3) is 5.78. The molecule has 2 aromatic heterocycles. The first-order valence-electron chi connectivity index (χ1n) is 11.2. The molecule has 0 saturated heterocycles. The lowest BCUT2D eigenvalue weighted by Gasteiger charge is -2.15. The Morgan fingerprint density at radius 1 is 1.18 bits per heavy atom. The van der Waals surface area contributed by atoms with E-state index in [4.69, 9.17) is 10.00 Å². The van der Waals surface area contributed by atoms with Crippen LogP contribution >= 0.6 is 0 Å². The second kappa shape index (κ2) is 10.0. The number of ether oxygens (including phenoxy) is 1.